The predicted molar refractivity (Wildman–Crippen MR) is 82.1 cm³/mol. The molecule has 0 N–H and O–H groups in total. The smallest absolute Gasteiger partial charge is 0.360 e. The minimum absolute atomic E-state index is 0.0158. The molecule has 1 aromatic carbocycles. The summed E-state index contributed by atoms with van der Waals surface area (Å²) in [5.41, 5.74) is -0.768. The van der Waals surface area contributed by atoms with Crippen molar-refractivity contribution in [2.45, 2.75) is 25.5 Å². The van der Waals surface area contributed by atoms with Gasteiger partial charge in [0.15, 0.2) is 17.3 Å². The zero-order valence-corrected chi connectivity index (χ0v) is 13.4. The van der Waals surface area contributed by atoms with E-state index in [-0.39, 0.29) is 30.7 Å². The first-order valence-corrected chi connectivity index (χ1v) is 7.55. The van der Waals surface area contributed by atoms with Gasteiger partial charge in [0.2, 0.25) is 5.60 Å². The van der Waals surface area contributed by atoms with E-state index in [0.717, 1.165) is 11.8 Å². The van der Waals surface area contributed by atoms with Gasteiger partial charge < -0.3 is 9.47 Å². The van der Waals surface area contributed by atoms with E-state index in [1.54, 1.807) is 6.92 Å². The molecule has 0 radical (unpaired) electrons. The van der Waals surface area contributed by atoms with Crippen LogP contribution in [0.1, 0.15) is 35.9 Å². The number of benzene rings is 1. The Morgan fingerprint density at radius 2 is 2.00 bits per heavy atom. The third-order valence-electron chi connectivity index (χ3n) is 4.19. The Morgan fingerprint density at radius 3 is 2.54 bits per heavy atom. The van der Waals surface area contributed by atoms with Gasteiger partial charge >= 0.3 is 5.97 Å². The summed E-state index contributed by atoms with van der Waals surface area (Å²) in [6.07, 6.45) is 0.966. The van der Waals surface area contributed by atoms with Gasteiger partial charge in [-0.05, 0) is 19.4 Å². The van der Waals surface area contributed by atoms with Crippen LogP contribution in [0.4, 0.5) is 4.39 Å². The normalized spacial score (nSPS) is 17.0. The SMILES string of the molecule is CC(=O)C1(OC(=O)c2c(F)cnn2[C@H](C)c2ccccc2)COC1. The molecule has 0 unspecified atom stereocenters. The van der Waals surface area contributed by atoms with Gasteiger partial charge in [0.1, 0.15) is 0 Å². The fourth-order valence-electron chi connectivity index (χ4n) is 2.55. The highest BCUT2D eigenvalue weighted by Gasteiger charge is 2.48. The van der Waals surface area contributed by atoms with Crippen LogP contribution >= 0.6 is 0 Å². The summed E-state index contributed by atoms with van der Waals surface area (Å²) in [5, 5.41) is 3.96. The van der Waals surface area contributed by atoms with E-state index in [4.69, 9.17) is 9.47 Å². The highest BCUT2D eigenvalue weighted by Crippen LogP contribution is 2.27. The molecule has 0 bridgehead atoms. The molecule has 0 aliphatic carbocycles. The predicted octanol–water partition coefficient (Wildman–Crippen LogP) is 2.15. The molecule has 2 heterocycles. The van der Waals surface area contributed by atoms with Gasteiger partial charge in [-0.15, -0.1) is 0 Å². The first kappa shape index (κ1) is 16.3. The minimum Gasteiger partial charge on any atom is -0.441 e. The molecule has 1 saturated heterocycles. The minimum atomic E-state index is -1.32. The summed E-state index contributed by atoms with van der Waals surface area (Å²) in [5.74, 6) is -2.04. The summed E-state index contributed by atoms with van der Waals surface area (Å²) >= 11 is 0. The molecule has 6 nitrogen and oxygen atoms in total. The Hall–Kier alpha value is -2.54. The molecule has 0 saturated carbocycles. The third-order valence-corrected chi connectivity index (χ3v) is 4.19. The summed E-state index contributed by atoms with van der Waals surface area (Å²) in [6.45, 7) is 3.08. The molecule has 1 aliphatic heterocycles. The third kappa shape index (κ3) is 2.71. The fourth-order valence-corrected chi connectivity index (χ4v) is 2.55. The Morgan fingerprint density at radius 1 is 1.33 bits per heavy atom. The highest BCUT2D eigenvalue weighted by atomic mass is 19.1. The number of hydrogen-bond donors (Lipinski definition) is 0. The average molecular weight is 332 g/mol. The van der Waals surface area contributed by atoms with E-state index in [9.17, 15) is 14.0 Å². The molecule has 0 amide bonds. The van der Waals surface area contributed by atoms with Gasteiger partial charge in [0.05, 0.1) is 25.5 Å². The number of hydrogen-bond acceptors (Lipinski definition) is 5. The maximum atomic E-state index is 14.1. The maximum Gasteiger partial charge on any atom is 0.360 e. The van der Waals surface area contributed by atoms with Crippen molar-refractivity contribution < 1.29 is 23.5 Å². The second kappa shape index (κ2) is 6.16. The largest absolute Gasteiger partial charge is 0.441 e. The molecular formula is C17H17FN2O4. The van der Waals surface area contributed by atoms with E-state index in [0.29, 0.717) is 0 Å². The molecule has 0 spiro atoms. The molecule has 126 valence electrons. The van der Waals surface area contributed by atoms with Crippen molar-refractivity contribution >= 4 is 11.8 Å². The van der Waals surface area contributed by atoms with E-state index in [2.05, 4.69) is 5.10 Å². The molecular weight excluding hydrogens is 315 g/mol. The number of carbonyl (C=O) groups is 2. The zero-order chi connectivity index (χ0) is 17.3. The van der Waals surface area contributed by atoms with Crippen molar-refractivity contribution in [1.82, 2.24) is 9.78 Å². The maximum absolute atomic E-state index is 14.1. The quantitative estimate of drug-likeness (QED) is 0.785. The van der Waals surface area contributed by atoms with Crippen LogP contribution in [0, 0.1) is 5.82 Å². The van der Waals surface area contributed by atoms with Crippen molar-refractivity contribution in [1.29, 1.82) is 0 Å². The van der Waals surface area contributed by atoms with Crippen molar-refractivity contribution in [3.63, 3.8) is 0 Å². The lowest BCUT2D eigenvalue weighted by Crippen LogP contribution is -2.58. The van der Waals surface area contributed by atoms with Crippen LogP contribution in [-0.4, -0.2) is 40.3 Å². The molecule has 24 heavy (non-hydrogen) atoms. The Labute approximate surface area is 138 Å². The van der Waals surface area contributed by atoms with Gasteiger partial charge in [0, 0.05) is 0 Å². The first-order valence-electron chi connectivity index (χ1n) is 7.55. The highest BCUT2D eigenvalue weighted by molar-refractivity contribution is 5.93. The van der Waals surface area contributed by atoms with E-state index in [1.165, 1.54) is 11.6 Å². The van der Waals surface area contributed by atoms with Gasteiger partial charge in [-0.2, -0.15) is 5.10 Å². The summed E-state index contributed by atoms with van der Waals surface area (Å²) in [4.78, 5) is 24.2. The molecule has 2 aromatic rings. The lowest BCUT2D eigenvalue weighted by atomic mass is 9.97. The standard InChI is InChI=1S/C17H17FN2O4/c1-11(13-6-4-3-5-7-13)20-15(14(18)8-19-20)16(22)24-17(12(2)21)9-23-10-17/h3-8,11H,9-10H2,1-2H3/t11-/m1/s1. The van der Waals surface area contributed by atoms with Crippen LogP contribution in [0.3, 0.4) is 0 Å². The summed E-state index contributed by atoms with van der Waals surface area (Å²) in [6, 6.07) is 8.90. The van der Waals surface area contributed by atoms with E-state index >= 15 is 0 Å². The number of carbonyl (C=O) groups excluding carboxylic acids is 2. The Balaban J connectivity index is 1.90. The van der Waals surface area contributed by atoms with Crippen molar-refractivity contribution in [2.75, 3.05) is 13.2 Å². The van der Waals surface area contributed by atoms with Gasteiger partial charge in [-0.25, -0.2) is 13.9 Å². The zero-order valence-electron chi connectivity index (χ0n) is 13.4. The average Bonchev–Trinajstić information content (AvgIpc) is 2.92. The number of esters is 1. The lowest BCUT2D eigenvalue weighted by Gasteiger charge is -2.38. The van der Waals surface area contributed by atoms with E-state index in [1.807, 2.05) is 30.3 Å². The van der Waals surface area contributed by atoms with Crippen LogP contribution in [0.15, 0.2) is 36.5 Å². The number of rotatable bonds is 5. The number of ether oxygens (including phenoxy) is 2. The van der Waals surface area contributed by atoms with Crippen LogP contribution in [0.25, 0.3) is 0 Å². The second-order valence-corrected chi connectivity index (χ2v) is 5.81. The van der Waals surface area contributed by atoms with Crippen molar-refractivity contribution in [3.05, 3.63) is 53.6 Å². The molecule has 3 rings (SSSR count). The van der Waals surface area contributed by atoms with Crippen molar-refractivity contribution in [3.8, 4) is 0 Å². The Bertz CT molecular complexity index is 768. The summed E-state index contributed by atoms with van der Waals surface area (Å²) < 4.78 is 25.7. The number of halogens is 1. The van der Waals surface area contributed by atoms with Gasteiger partial charge in [-0.1, -0.05) is 30.3 Å². The second-order valence-electron chi connectivity index (χ2n) is 5.81. The lowest BCUT2D eigenvalue weighted by molar-refractivity contribution is -0.188. The molecule has 1 aromatic heterocycles. The van der Waals surface area contributed by atoms with Gasteiger partial charge in [-0.3, -0.25) is 4.79 Å². The number of nitrogens with zero attached hydrogens (tertiary/aromatic N) is 2. The number of ketones is 1. The fraction of sp³-hybridized carbons (Fsp3) is 0.353. The molecule has 7 heteroatoms. The monoisotopic (exact) mass is 332 g/mol. The van der Waals surface area contributed by atoms with E-state index < -0.39 is 17.4 Å². The molecule has 1 fully saturated rings. The van der Waals surface area contributed by atoms with Crippen LogP contribution in [-0.2, 0) is 14.3 Å². The van der Waals surface area contributed by atoms with Crippen LogP contribution < -0.4 is 0 Å². The Kier molecular flexibility index (Phi) is 4.19. The first-order chi connectivity index (χ1) is 11.4. The molecule has 1 atom stereocenters. The van der Waals surface area contributed by atoms with Crippen LogP contribution in [0.2, 0.25) is 0 Å². The van der Waals surface area contributed by atoms with Crippen LogP contribution in [0.5, 0.6) is 0 Å². The van der Waals surface area contributed by atoms with Gasteiger partial charge in [0.25, 0.3) is 0 Å². The number of aromatic nitrogens is 2. The summed E-state index contributed by atoms with van der Waals surface area (Å²) in [7, 11) is 0. The van der Waals surface area contributed by atoms with Crippen molar-refractivity contribution in [2.24, 2.45) is 0 Å². The number of Topliss-reactive ketones (excluding diaryl/α,β-unsaturated/α-hetero) is 1. The molecule has 1 aliphatic rings. The topological polar surface area (TPSA) is 70.4 Å².